The van der Waals surface area contributed by atoms with Crippen molar-refractivity contribution in [2.45, 2.75) is 75.5 Å². The number of benzene rings is 1. The van der Waals surface area contributed by atoms with Crippen LogP contribution in [-0.4, -0.2) is 30.1 Å². The van der Waals surface area contributed by atoms with Crippen molar-refractivity contribution in [3.63, 3.8) is 0 Å². The number of hydrogen-bond donors (Lipinski definition) is 1. The summed E-state index contributed by atoms with van der Waals surface area (Å²) in [5.74, 6) is 0.302. The van der Waals surface area contributed by atoms with Gasteiger partial charge < -0.3 is 5.32 Å². The first-order valence-electron chi connectivity index (χ1n) is 10.9. The van der Waals surface area contributed by atoms with Crippen LogP contribution in [0.2, 0.25) is 5.02 Å². The minimum absolute atomic E-state index is 0.0961. The third-order valence-electron chi connectivity index (χ3n) is 5.54. The number of halogens is 1. The fourth-order valence-corrected chi connectivity index (χ4v) is 5.74. The Balaban J connectivity index is 0.000000491. The summed E-state index contributed by atoms with van der Waals surface area (Å²) in [5.41, 5.74) is 3.48. The summed E-state index contributed by atoms with van der Waals surface area (Å²) in [7, 11) is -2.16. The largest absolute Gasteiger partial charge is 0.370 e. The molecule has 2 heterocycles. The van der Waals surface area contributed by atoms with Crippen LogP contribution in [0.5, 0.6) is 0 Å². The second-order valence-electron chi connectivity index (χ2n) is 7.81. The second-order valence-corrected chi connectivity index (χ2v) is 10.1. The van der Waals surface area contributed by atoms with E-state index in [1.165, 1.54) is 37.0 Å². The first kappa shape index (κ1) is 23.5. The molecular formula is C23H31ClN4O2S. The van der Waals surface area contributed by atoms with Crippen LogP contribution in [0.25, 0.3) is 5.65 Å². The van der Waals surface area contributed by atoms with Gasteiger partial charge in [0.15, 0.2) is 16.4 Å². The Morgan fingerprint density at radius 1 is 1.16 bits per heavy atom. The average Bonchev–Trinajstić information content (AvgIpc) is 3.14. The molecule has 3 aromatic rings. The summed E-state index contributed by atoms with van der Waals surface area (Å²) in [4.78, 5) is 4.85. The first-order chi connectivity index (χ1) is 14.8. The predicted molar refractivity (Wildman–Crippen MR) is 126 cm³/mol. The summed E-state index contributed by atoms with van der Waals surface area (Å²) in [6.07, 6.45) is 8.09. The molecule has 0 spiro atoms. The molecule has 0 amide bonds. The monoisotopic (exact) mass is 462 g/mol. The molecule has 0 bridgehead atoms. The van der Waals surface area contributed by atoms with Crippen LogP contribution in [0.3, 0.4) is 0 Å². The minimum Gasteiger partial charge on any atom is -0.370 e. The molecular weight excluding hydrogens is 432 g/mol. The molecule has 8 heteroatoms. The van der Waals surface area contributed by atoms with E-state index in [1.54, 1.807) is 23.7 Å². The van der Waals surface area contributed by atoms with E-state index in [4.69, 9.17) is 11.6 Å². The Hall–Kier alpha value is -2.12. The van der Waals surface area contributed by atoms with Crippen LogP contribution >= 0.6 is 11.6 Å². The zero-order valence-electron chi connectivity index (χ0n) is 18.7. The lowest BCUT2D eigenvalue weighted by molar-refractivity contribution is 0.597. The minimum atomic E-state index is -3.82. The molecule has 6 nitrogen and oxygen atoms in total. The standard InChI is InChI=1S/C18H19ClN4O2S.C5H12/c1-11-14-8-3-4-9-15(14)23-18(21-11)16(17(20-2)22-23)26(24,25)13-7-5-6-12(19)10-13;1-3-5-4-2/h5-7,10H,3-4,8-9H2,1-2H3,(H,20,22);3-5H2,1-2H3. The molecule has 0 atom stereocenters. The molecule has 1 N–H and O–H groups in total. The summed E-state index contributed by atoms with van der Waals surface area (Å²) in [6.45, 7) is 6.36. The van der Waals surface area contributed by atoms with Crippen LogP contribution in [0.4, 0.5) is 5.82 Å². The van der Waals surface area contributed by atoms with Gasteiger partial charge in [-0.05, 0) is 56.4 Å². The highest BCUT2D eigenvalue weighted by atomic mass is 35.5. The molecule has 168 valence electrons. The fraction of sp³-hybridized carbons (Fsp3) is 0.478. The van der Waals surface area contributed by atoms with Crippen molar-refractivity contribution in [3.8, 4) is 0 Å². The van der Waals surface area contributed by atoms with Crippen molar-refractivity contribution in [2.75, 3.05) is 12.4 Å². The van der Waals surface area contributed by atoms with Gasteiger partial charge in [-0.25, -0.2) is 17.9 Å². The smallest absolute Gasteiger partial charge is 0.214 e. The number of sulfone groups is 1. The molecule has 1 aromatic carbocycles. The fourth-order valence-electron chi connectivity index (χ4n) is 3.94. The van der Waals surface area contributed by atoms with E-state index in [-0.39, 0.29) is 9.79 Å². The highest BCUT2D eigenvalue weighted by Crippen LogP contribution is 2.34. The van der Waals surface area contributed by atoms with Crippen LogP contribution in [-0.2, 0) is 22.7 Å². The molecule has 1 aliphatic carbocycles. The summed E-state index contributed by atoms with van der Waals surface area (Å²) < 4.78 is 28.4. The highest BCUT2D eigenvalue weighted by Gasteiger charge is 2.31. The SMILES string of the molecule is CCCCC.CNc1nn2c3c(c(C)nc2c1S(=O)(=O)c1cccc(Cl)c1)CCCC3. The normalized spacial score (nSPS) is 13.5. The van der Waals surface area contributed by atoms with E-state index in [9.17, 15) is 8.42 Å². The number of rotatable bonds is 5. The maximum atomic E-state index is 13.3. The van der Waals surface area contributed by atoms with E-state index < -0.39 is 9.84 Å². The topological polar surface area (TPSA) is 76.4 Å². The second kappa shape index (κ2) is 10.0. The number of nitrogens with one attached hydrogen (secondary N) is 1. The quantitative estimate of drug-likeness (QED) is 0.530. The average molecular weight is 463 g/mol. The predicted octanol–water partition coefficient (Wildman–Crippen LogP) is 5.64. The molecule has 31 heavy (non-hydrogen) atoms. The van der Waals surface area contributed by atoms with Crippen molar-refractivity contribution in [1.29, 1.82) is 0 Å². The van der Waals surface area contributed by atoms with E-state index in [0.717, 1.165) is 37.1 Å². The lowest BCUT2D eigenvalue weighted by Crippen LogP contribution is -2.13. The number of aromatic nitrogens is 3. The molecule has 2 aromatic heterocycles. The molecule has 4 rings (SSSR count). The van der Waals surface area contributed by atoms with Gasteiger partial charge in [-0.15, -0.1) is 5.10 Å². The number of hydrogen-bond acceptors (Lipinski definition) is 5. The van der Waals surface area contributed by atoms with Crippen LogP contribution < -0.4 is 5.32 Å². The number of aryl methyl sites for hydroxylation is 2. The Morgan fingerprint density at radius 3 is 2.48 bits per heavy atom. The molecule has 0 unspecified atom stereocenters. The van der Waals surface area contributed by atoms with Gasteiger partial charge in [0.1, 0.15) is 0 Å². The zero-order chi connectivity index (χ0) is 22.6. The van der Waals surface area contributed by atoms with Crippen LogP contribution in [0.15, 0.2) is 34.1 Å². The molecule has 0 radical (unpaired) electrons. The Morgan fingerprint density at radius 2 is 1.87 bits per heavy atom. The van der Waals surface area contributed by atoms with E-state index in [2.05, 4.69) is 29.2 Å². The van der Waals surface area contributed by atoms with Crippen molar-refractivity contribution in [1.82, 2.24) is 14.6 Å². The Kier molecular flexibility index (Phi) is 7.59. The molecule has 1 aliphatic rings. The van der Waals surface area contributed by atoms with E-state index in [1.807, 2.05) is 6.92 Å². The summed E-state index contributed by atoms with van der Waals surface area (Å²) in [6, 6.07) is 6.26. The molecule has 0 saturated heterocycles. The van der Waals surface area contributed by atoms with Crippen LogP contribution in [0.1, 0.15) is 62.9 Å². The summed E-state index contributed by atoms with van der Waals surface area (Å²) in [5, 5.41) is 7.82. The number of nitrogens with zero attached hydrogens (tertiary/aromatic N) is 3. The van der Waals surface area contributed by atoms with Gasteiger partial charge in [0.25, 0.3) is 0 Å². The zero-order valence-corrected chi connectivity index (χ0v) is 20.3. The van der Waals surface area contributed by atoms with Gasteiger partial charge in [0, 0.05) is 23.5 Å². The van der Waals surface area contributed by atoms with Gasteiger partial charge in [-0.2, -0.15) is 0 Å². The molecule has 0 saturated carbocycles. The van der Waals surface area contributed by atoms with E-state index in [0.29, 0.717) is 16.5 Å². The molecule has 0 fully saturated rings. The van der Waals surface area contributed by atoms with Crippen molar-refractivity contribution < 1.29 is 8.42 Å². The first-order valence-corrected chi connectivity index (χ1v) is 12.8. The molecule has 0 aliphatic heterocycles. The third-order valence-corrected chi connectivity index (χ3v) is 7.57. The highest BCUT2D eigenvalue weighted by molar-refractivity contribution is 7.91. The number of fused-ring (bicyclic) bond motifs is 3. The van der Waals surface area contributed by atoms with Crippen molar-refractivity contribution >= 4 is 32.9 Å². The number of anilines is 1. The lowest BCUT2D eigenvalue weighted by atomic mass is 9.95. The van der Waals surface area contributed by atoms with E-state index >= 15 is 0 Å². The van der Waals surface area contributed by atoms with Gasteiger partial charge in [0.2, 0.25) is 9.84 Å². The van der Waals surface area contributed by atoms with Gasteiger partial charge in [0.05, 0.1) is 4.90 Å². The van der Waals surface area contributed by atoms with Crippen molar-refractivity contribution in [3.05, 3.63) is 46.2 Å². The lowest BCUT2D eigenvalue weighted by Gasteiger charge is -2.18. The Bertz CT molecular complexity index is 1170. The van der Waals surface area contributed by atoms with Gasteiger partial charge in [-0.3, -0.25) is 0 Å². The number of unbranched alkanes of at least 4 members (excludes halogenated alkanes) is 2. The Labute approximate surface area is 190 Å². The van der Waals surface area contributed by atoms with Crippen molar-refractivity contribution in [2.24, 2.45) is 0 Å². The maximum Gasteiger partial charge on any atom is 0.214 e. The third kappa shape index (κ3) is 4.72. The maximum absolute atomic E-state index is 13.3. The van der Waals surface area contributed by atoms with Gasteiger partial charge >= 0.3 is 0 Å². The van der Waals surface area contributed by atoms with Crippen LogP contribution in [0, 0.1) is 6.92 Å². The summed E-state index contributed by atoms with van der Waals surface area (Å²) >= 11 is 6.01. The van der Waals surface area contributed by atoms with Gasteiger partial charge in [-0.1, -0.05) is 50.8 Å².